The van der Waals surface area contributed by atoms with Crippen molar-refractivity contribution in [3.8, 4) is 11.5 Å². The summed E-state index contributed by atoms with van der Waals surface area (Å²) in [5.41, 5.74) is 3.20. The predicted octanol–water partition coefficient (Wildman–Crippen LogP) is 3.32. The van der Waals surface area contributed by atoms with Gasteiger partial charge in [-0.2, -0.15) is 0 Å². The van der Waals surface area contributed by atoms with Crippen LogP contribution < -0.4 is 14.8 Å². The van der Waals surface area contributed by atoms with Crippen molar-refractivity contribution in [1.82, 2.24) is 0 Å². The molecule has 0 bridgehead atoms. The van der Waals surface area contributed by atoms with Gasteiger partial charge in [-0.1, -0.05) is 0 Å². The van der Waals surface area contributed by atoms with E-state index in [9.17, 15) is 9.59 Å². The SMILES string of the molecule is COc1ccc2c(c1)OCC(C=C1N=C(c3ccc(NC(C)=O)cc3)OC1=O)=C2. The number of cyclic esters (lactones) is 1. The Kier molecular flexibility index (Phi) is 4.87. The lowest BCUT2D eigenvalue weighted by Gasteiger charge is -2.16. The van der Waals surface area contributed by atoms with Crippen LogP contribution in [0.25, 0.3) is 6.08 Å². The molecule has 0 aromatic heterocycles. The molecule has 1 N–H and O–H groups in total. The monoisotopic (exact) mass is 390 g/mol. The molecular weight excluding hydrogens is 372 g/mol. The molecular formula is C22H18N2O5. The molecule has 2 heterocycles. The van der Waals surface area contributed by atoms with Gasteiger partial charge in [-0.25, -0.2) is 9.79 Å². The van der Waals surface area contributed by atoms with E-state index in [1.165, 1.54) is 6.92 Å². The first-order valence-electron chi connectivity index (χ1n) is 8.94. The molecule has 0 atom stereocenters. The maximum Gasteiger partial charge on any atom is 0.363 e. The van der Waals surface area contributed by atoms with Crippen molar-refractivity contribution in [2.24, 2.45) is 4.99 Å². The van der Waals surface area contributed by atoms with Crippen LogP contribution in [0.1, 0.15) is 18.1 Å². The van der Waals surface area contributed by atoms with E-state index in [1.807, 2.05) is 24.3 Å². The van der Waals surface area contributed by atoms with Gasteiger partial charge in [0.1, 0.15) is 18.1 Å². The van der Waals surface area contributed by atoms with Crippen molar-refractivity contribution in [2.75, 3.05) is 19.0 Å². The van der Waals surface area contributed by atoms with Crippen LogP contribution in [-0.4, -0.2) is 31.5 Å². The van der Waals surface area contributed by atoms with Gasteiger partial charge in [0.2, 0.25) is 11.8 Å². The molecule has 7 nitrogen and oxygen atoms in total. The van der Waals surface area contributed by atoms with E-state index in [4.69, 9.17) is 14.2 Å². The number of benzene rings is 2. The first-order valence-corrected chi connectivity index (χ1v) is 8.94. The van der Waals surface area contributed by atoms with Gasteiger partial charge in [-0.05, 0) is 54.1 Å². The van der Waals surface area contributed by atoms with Crippen LogP contribution >= 0.6 is 0 Å². The highest BCUT2D eigenvalue weighted by Gasteiger charge is 2.25. The molecule has 2 aromatic carbocycles. The standard InChI is InChI=1S/C22H18N2O5/c1-13(25)23-17-6-3-15(4-7-17)21-24-19(22(26)29-21)10-14-9-16-5-8-18(27-2)11-20(16)28-12-14/h3-11H,12H2,1-2H3,(H,23,25). The molecule has 7 heteroatoms. The zero-order chi connectivity index (χ0) is 20.4. The number of nitrogens with one attached hydrogen (secondary N) is 1. The smallest absolute Gasteiger partial charge is 0.363 e. The second kappa shape index (κ2) is 7.63. The number of methoxy groups -OCH3 is 1. The number of rotatable bonds is 4. The summed E-state index contributed by atoms with van der Waals surface area (Å²) >= 11 is 0. The third-order valence-corrected chi connectivity index (χ3v) is 4.35. The Bertz CT molecular complexity index is 1080. The molecule has 0 saturated carbocycles. The molecule has 0 spiro atoms. The Hall–Kier alpha value is -3.87. The second-order valence-electron chi connectivity index (χ2n) is 6.51. The molecule has 146 valence electrons. The van der Waals surface area contributed by atoms with Gasteiger partial charge >= 0.3 is 5.97 Å². The Balaban J connectivity index is 1.56. The average Bonchev–Trinajstić information content (AvgIpc) is 3.08. The van der Waals surface area contributed by atoms with Crippen LogP contribution in [0.3, 0.4) is 0 Å². The molecule has 4 rings (SSSR count). The highest BCUT2D eigenvalue weighted by molar-refractivity contribution is 6.11. The molecule has 2 aliphatic rings. The molecule has 0 saturated heterocycles. The third-order valence-electron chi connectivity index (χ3n) is 4.35. The van der Waals surface area contributed by atoms with Crippen molar-refractivity contribution in [3.05, 3.63) is 70.9 Å². The lowest BCUT2D eigenvalue weighted by Crippen LogP contribution is -2.08. The van der Waals surface area contributed by atoms with Gasteiger partial charge in [-0.15, -0.1) is 0 Å². The number of fused-ring (bicyclic) bond motifs is 1. The molecule has 0 radical (unpaired) electrons. The van der Waals surface area contributed by atoms with Crippen molar-refractivity contribution in [3.63, 3.8) is 0 Å². The maximum atomic E-state index is 12.2. The van der Waals surface area contributed by atoms with E-state index in [1.54, 1.807) is 37.5 Å². The lowest BCUT2D eigenvalue weighted by atomic mass is 10.1. The summed E-state index contributed by atoms with van der Waals surface area (Å²) in [6.07, 6.45) is 3.60. The van der Waals surface area contributed by atoms with Crippen molar-refractivity contribution in [2.45, 2.75) is 6.92 Å². The van der Waals surface area contributed by atoms with Crippen LogP contribution in [0, 0.1) is 0 Å². The highest BCUT2D eigenvalue weighted by Crippen LogP contribution is 2.31. The van der Waals surface area contributed by atoms with E-state index < -0.39 is 5.97 Å². The van der Waals surface area contributed by atoms with Crippen LogP contribution in [0.4, 0.5) is 5.69 Å². The minimum atomic E-state index is -0.521. The van der Waals surface area contributed by atoms with Crippen molar-refractivity contribution >= 4 is 29.5 Å². The normalized spacial score (nSPS) is 16.3. The number of anilines is 1. The second-order valence-corrected chi connectivity index (χ2v) is 6.51. The van der Waals surface area contributed by atoms with Gasteiger partial charge in [0.25, 0.3) is 0 Å². The van der Waals surface area contributed by atoms with E-state index in [0.29, 0.717) is 17.9 Å². The van der Waals surface area contributed by atoms with Crippen molar-refractivity contribution < 1.29 is 23.8 Å². The minimum Gasteiger partial charge on any atom is -0.497 e. The van der Waals surface area contributed by atoms with Crippen molar-refractivity contribution in [1.29, 1.82) is 0 Å². The summed E-state index contributed by atoms with van der Waals surface area (Å²) in [4.78, 5) is 27.6. The highest BCUT2D eigenvalue weighted by atomic mass is 16.6. The lowest BCUT2D eigenvalue weighted by molar-refractivity contribution is -0.130. The zero-order valence-corrected chi connectivity index (χ0v) is 15.9. The summed E-state index contributed by atoms with van der Waals surface area (Å²) in [5.74, 6) is 0.988. The first kappa shape index (κ1) is 18.5. The third kappa shape index (κ3) is 4.03. The number of hydrogen-bond acceptors (Lipinski definition) is 6. The fourth-order valence-electron chi connectivity index (χ4n) is 2.98. The topological polar surface area (TPSA) is 86.2 Å². The van der Waals surface area contributed by atoms with E-state index in [-0.39, 0.29) is 17.5 Å². The largest absolute Gasteiger partial charge is 0.497 e. The number of esters is 1. The molecule has 1 amide bonds. The number of carbonyl (C=O) groups excluding carboxylic acids is 2. The van der Waals surface area contributed by atoms with E-state index in [0.717, 1.165) is 22.6 Å². The van der Waals surface area contributed by atoms with E-state index in [2.05, 4.69) is 10.3 Å². The average molecular weight is 390 g/mol. The molecule has 29 heavy (non-hydrogen) atoms. The minimum absolute atomic E-state index is 0.157. The first-order chi connectivity index (χ1) is 14.0. The number of carbonyl (C=O) groups is 2. The van der Waals surface area contributed by atoms with Crippen LogP contribution in [-0.2, 0) is 14.3 Å². The van der Waals surface area contributed by atoms with Gasteiger partial charge in [-0.3, -0.25) is 4.79 Å². The molecule has 0 fully saturated rings. The Morgan fingerprint density at radius 1 is 1.21 bits per heavy atom. The van der Waals surface area contributed by atoms with Crippen LogP contribution in [0.2, 0.25) is 0 Å². The fraction of sp³-hybridized carbons (Fsp3) is 0.136. The molecule has 2 aromatic rings. The summed E-state index contributed by atoms with van der Waals surface area (Å²) in [5, 5.41) is 2.68. The molecule has 0 unspecified atom stereocenters. The van der Waals surface area contributed by atoms with Gasteiger partial charge in [0.05, 0.1) is 7.11 Å². The summed E-state index contributed by atoms with van der Waals surface area (Å²) < 4.78 is 16.2. The molecule has 0 aliphatic carbocycles. The van der Waals surface area contributed by atoms with Crippen LogP contribution in [0.5, 0.6) is 11.5 Å². The Morgan fingerprint density at radius 3 is 2.72 bits per heavy atom. The predicted molar refractivity (Wildman–Crippen MR) is 108 cm³/mol. The summed E-state index contributed by atoms with van der Waals surface area (Å²) in [6, 6.07) is 12.5. The Morgan fingerprint density at radius 2 is 2.00 bits per heavy atom. The summed E-state index contributed by atoms with van der Waals surface area (Å²) in [7, 11) is 1.60. The zero-order valence-electron chi connectivity index (χ0n) is 15.9. The number of hydrogen-bond donors (Lipinski definition) is 1. The number of nitrogens with zero attached hydrogens (tertiary/aromatic N) is 1. The molecule has 2 aliphatic heterocycles. The van der Waals surface area contributed by atoms with Gasteiger partial charge in [0, 0.05) is 29.8 Å². The van der Waals surface area contributed by atoms with Gasteiger partial charge < -0.3 is 19.5 Å². The quantitative estimate of drug-likeness (QED) is 0.639. The summed E-state index contributed by atoms with van der Waals surface area (Å²) in [6.45, 7) is 1.75. The van der Waals surface area contributed by atoms with Gasteiger partial charge in [0.15, 0.2) is 5.70 Å². The number of aliphatic imine (C=N–C) groups is 1. The number of ether oxygens (including phenoxy) is 3. The van der Waals surface area contributed by atoms with Crippen LogP contribution in [0.15, 0.2) is 64.8 Å². The fourth-order valence-corrected chi connectivity index (χ4v) is 2.98. The Labute approximate surface area is 167 Å². The maximum absolute atomic E-state index is 12.2. The van der Waals surface area contributed by atoms with E-state index >= 15 is 0 Å². The number of amides is 1.